The summed E-state index contributed by atoms with van der Waals surface area (Å²) in [5, 5.41) is 17.3. The van der Waals surface area contributed by atoms with Crippen molar-refractivity contribution < 1.29 is 9.90 Å². The fourth-order valence-electron chi connectivity index (χ4n) is 1.48. The van der Waals surface area contributed by atoms with Crippen molar-refractivity contribution in [3.8, 4) is 0 Å². The molecule has 1 aromatic heterocycles. The molecule has 0 amide bonds. The van der Waals surface area contributed by atoms with Crippen molar-refractivity contribution >= 4 is 29.3 Å². The number of nitrogens with zero attached hydrogens (tertiary/aromatic N) is 3. The van der Waals surface area contributed by atoms with Gasteiger partial charge >= 0.3 is 5.97 Å². The average molecular weight is 298 g/mol. The number of aromatic carboxylic acids is 1. The van der Waals surface area contributed by atoms with E-state index in [1.165, 1.54) is 11.8 Å². The van der Waals surface area contributed by atoms with Crippen LogP contribution in [0, 0.1) is 6.92 Å². The van der Waals surface area contributed by atoms with Gasteiger partial charge in [0.2, 0.25) is 0 Å². The first-order valence-electron chi connectivity index (χ1n) is 5.49. The van der Waals surface area contributed by atoms with Gasteiger partial charge in [0, 0.05) is 11.9 Å². The van der Waals surface area contributed by atoms with Crippen molar-refractivity contribution in [3.63, 3.8) is 0 Å². The predicted molar refractivity (Wildman–Crippen MR) is 73.7 cm³/mol. The van der Waals surface area contributed by atoms with Crippen LogP contribution in [-0.4, -0.2) is 25.8 Å². The zero-order valence-corrected chi connectivity index (χ0v) is 12.0. The van der Waals surface area contributed by atoms with Crippen LogP contribution < -0.4 is 0 Å². The van der Waals surface area contributed by atoms with Crippen LogP contribution in [0.2, 0.25) is 5.02 Å². The molecular weight excluding hydrogens is 286 g/mol. The van der Waals surface area contributed by atoms with Crippen LogP contribution >= 0.6 is 23.4 Å². The molecule has 0 fully saturated rings. The molecule has 7 heteroatoms. The molecule has 0 aliphatic carbocycles. The summed E-state index contributed by atoms with van der Waals surface area (Å²) in [7, 11) is 1.90. The maximum Gasteiger partial charge on any atom is 0.337 e. The van der Waals surface area contributed by atoms with E-state index in [-0.39, 0.29) is 10.6 Å². The number of thioether (sulfide) groups is 1. The monoisotopic (exact) mass is 297 g/mol. The number of hydrogen-bond acceptors (Lipinski definition) is 4. The van der Waals surface area contributed by atoms with E-state index in [0.29, 0.717) is 5.75 Å². The molecule has 1 N–H and O–H groups in total. The molecule has 5 nitrogen and oxygen atoms in total. The van der Waals surface area contributed by atoms with Gasteiger partial charge in [-0.3, -0.25) is 0 Å². The molecule has 0 atom stereocenters. The number of hydrogen-bond donors (Lipinski definition) is 1. The Kier molecular flexibility index (Phi) is 4.11. The molecule has 0 unspecified atom stereocenters. The Morgan fingerprint density at radius 1 is 1.47 bits per heavy atom. The Labute approximate surface area is 119 Å². The fraction of sp³-hybridized carbons (Fsp3) is 0.250. The van der Waals surface area contributed by atoms with Gasteiger partial charge in [-0.05, 0) is 25.1 Å². The number of carbonyl (C=O) groups is 1. The predicted octanol–water partition coefficient (Wildman–Crippen LogP) is 2.77. The molecule has 0 aliphatic heterocycles. The number of aryl methyl sites for hydroxylation is 1. The van der Waals surface area contributed by atoms with Gasteiger partial charge in [0.05, 0.1) is 16.3 Å². The van der Waals surface area contributed by atoms with Crippen LogP contribution in [0.1, 0.15) is 22.0 Å². The van der Waals surface area contributed by atoms with Crippen molar-refractivity contribution in [1.29, 1.82) is 0 Å². The fourth-order valence-corrected chi connectivity index (χ4v) is 2.59. The summed E-state index contributed by atoms with van der Waals surface area (Å²) in [4.78, 5) is 11.8. The highest BCUT2D eigenvalue weighted by atomic mass is 35.5. The van der Waals surface area contributed by atoms with Crippen molar-refractivity contribution in [1.82, 2.24) is 14.8 Å². The van der Waals surface area contributed by atoms with Crippen LogP contribution in [0.3, 0.4) is 0 Å². The number of carboxylic acid groups (broad SMARTS) is 1. The topological polar surface area (TPSA) is 68.0 Å². The highest BCUT2D eigenvalue weighted by molar-refractivity contribution is 7.98. The maximum absolute atomic E-state index is 11.0. The van der Waals surface area contributed by atoms with Gasteiger partial charge in [0.15, 0.2) is 0 Å². The minimum atomic E-state index is -1.03. The minimum Gasteiger partial charge on any atom is -0.478 e. The van der Waals surface area contributed by atoms with Crippen LogP contribution in [0.5, 0.6) is 0 Å². The van der Waals surface area contributed by atoms with Gasteiger partial charge in [-0.15, -0.1) is 22.0 Å². The standard InChI is InChI=1S/C12H12ClN3O2S/c1-7-14-15-11(16(7)2)6-19-8-3-4-10(13)9(5-8)12(17)18/h3-5H,6H2,1-2H3,(H,17,18). The third kappa shape index (κ3) is 3.08. The lowest BCUT2D eigenvalue weighted by Gasteiger charge is -2.04. The number of aromatic nitrogens is 3. The number of carboxylic acids is 1. The molecule has 2 aromatic rings. The normalized spacial score (nSPS) is 10.7. The molecule has 19 heavy (non-hydrogen) atoms. The van der Waals surface area contributed by atoms with E-state index in [1.807, 2.05) is 18.5 Å². The Balaban J connectivity index is 2.14. The van der Waals surface area contributed by atoms with Crippen molar-refractivity contribution in [2.45, 2.75) is 17.6 Å². The summed E-state index contributed by atoms with van der Waals surface area (Å²) < 4.78 is 1.90. The minimum absolute atomic E-state index is 0.112. The third-order valence-corrected chi connectivity index (χ3v) is 4.04. The second-order valence-corrected chi connectivity index (χ2v) is 5.41. The Morgan fingerprint density at radius 3 is 2.79 bits per heavy atom. The molecule has 100 valence electrons. The van der Waals surface area contributed by atoms with E-state index in [0.717, 1.165) is 16.5 Å². The summed E-state index contributed by atoms with van der Waals surface area (Å²) >= 11 is 7.32. The molecule has 0 saturated carbocycles. The molecule has 0 spiro atoms. The van der Waals surface area contributed by atoms with E-state index in [1.54, 1.807) is 18.2 Å². The Hall–Kier alpha value is -1.53. The molecular formula is C12H12ClN3O2S. The SMILES string of the molecule is Cc1nnc(CSc2ccc(Cl)c(C(=O)O)c2)n1C. The van der Waals surface area contributed by atoms with Gasteiger partial charge in [-0.25, -0.2) is 4.79 Å². The number of halogens is 1. The zero-order valence-electron chi connectivity index (χ0n) is 10.4. The highest BCUT2D eigenvalue weighted by Gasteiger charge is 2.11. The van der Waals surface area contributed by atoms with Crippen LogP contribution in [0.15, 0.2) is 23.1 Å². The quantitative estimate of drug-likeness (QED) is 0.879. The van der Waals surface area contributed by atoms with Crippen LogP contribution in [0.25, 0.3) is 0 Å². The summed E-state index contributed by atoms with van der Waals surface area (Å²) in [5.41, 5.74) is 0.112. The summed E-state index contributed by atoms with van der Waals surface area (Å²) in [6, 6.07) is 4.95. The summed E-state index contributed by atoms with van der Waals surface area (Å²) in [6.07, 6.45) is 0. The second-order valence-electron chi connectivity index (χ2n) is 3.96. The van der Waals surface area contributed by atoms with Crippen LogP contribution in [-0.2, 0) is 12.8 Å². The van der Waals surface area contributed by atoms with Gasteiger partial charge in [-0.2, -0.15) is 0 Å². The lowest BCUT2D eigenvalue weighted by atomic mass is 10.2. The smallest absolute Gasteiger partial charge is 0.337 e. The van der Waals surface area contributed by atoms with E-state index in [9.17, 15) is 4.79 Å². The number of benzene rings is 1. The van der Waals surface area contributed by atoms with E-state index in [4.69, 9.17) is 16.7 Å². The third-order valence-electron chi connectivity index (χ3n) is 2.72. The average Bonchev–Trinajstić information content (AvgIpc) is 2.69. The van der Waals surface area contributed by atoms with Crippen molar-refractivity contribution in [3.05, 3.63) is 40.4 Å². The molecule has 2 rings (SSSR count). The molecule has 0 bridgehead atoms. The Morgan fingerprint density at radius 2 is 2.21 bits per heavy atom. The van der Waals surface area contributed by atoms with Crippen molar-refractivity contribution in [2.75, 3.05) is 0 Å². The van der Waals surface area contributed by atoms with E-state index >= 15 is 0 Å². The maximum atomic E-state index is 11.0. The highest BCUT2D eigenvalue weighted by Crippen LogP contribution is 2.26. The van der Waals surface area contributed by atoms with Crippen LogP contribution in [0.4, 0.5) is 0 Å². The first kappa shape index (κ1) is 13.9. The molecule has 1 heterocycles. The molecule has 1 aromatic carbocycles. The lowest BCUT2D eigenvalue weighted by molar-refractivity contribution is 0.0697. The van der Waals surface area contributed by atoms with Gasteiger partial charge in [0.1, 0.15) is 11.6 Å². The van der Waals surface area contributed by atoms with Gasteiger partial charge < -0.3 is 9.67 Å². The lowest BCUT2D eigenvalue weighted by Crippen LogP contribution is -1.99. The number of rotatable bonds is 4. The zero-order chi connectivity index (χ0) is 14.0. The molecule has 0 radical (unpaired) electrons. The van der Waals surface area contributed by atoms with E-state index in [2.05, 4.69) is 10.2 Å². The van der Waals surface area contributed by atoms with Gasteiger partial charge in [-0.1, -0.05) is 11.6 Å². The van der Waals surface area contributed by atoms with Gasteiger partial charge in [0.25, 0.3) is 0 Å². The molecule has 0 aliphatic rings. The second kappa shape index (κ2) is 5.63. The summed E-state index contributed by atoms with van der Waals surface area (Å²) in [5.74, 6) is 1.28. The largest absolute Gasteiger partial charge is 0.478 e. The molecule has 0 saturated heterocycles. The Bertz CT molecular complexity index is 627. The first-order chi connectivity index (χ1) is 8.99. The summed E-state index contributed by atoms with van der Waals surface area (Å²) in [6.45, 7) is 1.88. The van der Waals surface area contributed by atoms with Crippen molar-refractivity contribution in [2.24, 2.45) is 7.05 Å². The van der Waals surface area contributed by atoms with E-state index < -0.39 is 5.97 Å². The first-order valence-corrected chi connectivity index (χ1v) is 6.86.